The molecular formula is C13H21N. The van der Waals surface area contributed by atoms with Gasteiger partial charge in [-0.2, -0.15) is 0 Å². The summed E-state index contributed by atoms with van der Waals surface area (Å²) in [5.41, 5.74) is 2.73. The fourth-order valence-corrected chi connectivity index (χ4v) is 1.60. The Bertz CT molecular complexity index is 255. The van der Waals surface area contributed by atoms with E-state index in [2.05, 4.69) is 43.4 Å². The Balaban J connectivity index is 2.41. The topological polar surface area (TPSA) is 12.0 Å². The standard InChI is InChI=1S/C13H21N/c1-3-5-8-11-14-13-10-7-6-9-12(13)4-2/h6-7,9-10,14H,3-5,8,11H2,1-2H3. The molecule has 0 aromatic heterocycles. The van der Waals surface area contributed by atoms with Crippen LogP contribution >= 0.6 is 0 Å². The predicted molar refractivity (Wildman–Crippen MR) is 63.8 cm³/mol. The molecule has 0 saturated carbocycles. The summed E-state index contributed by atoms with van der Waals surface area (Å²) in [6.45, 7) is 5.54. The molecule has 0 fully saturated rings. The van der Waals surface area contributed by atoms with Crippen LogP contribution in [0.15, 0.2) is 24.3 Å². The third-order valence-electron chi connectivity index (χ3n) is 2.49. The monoisotopic (exact) mass is 191 g/mol. The van der Waals surface area contributed by atoms with Crippen molar-refractivity contribution in [3.8, 4) is 0 Å². The van der Waals surface area contributed by atoms with E-state index in [4.69, 9.17) is 0 Å². The summed E-state index contributed by atoms with van der Waals surface area (Å²) in [6.07, 6.45) is 4.99. The van der Waals surface area contributed by atoms with Crippen molar-refractivity contribution in [1.29, 1.82) is 0 Å². The first-order valence-electron chi connectivity index (χ1n) is 5.70. The third-order valence-corrected chi connectivity index (χ3v) is 2.49. The zero-order valence-electron chi connectivity index (χ0n) is 9.34. The van der Waals surface area contributed by atoms with E-state index in [9.17, 15) is 0 Å². The van der Waals surface area contributed by atoms with Gasteiger partial charge in [0.1, 0.15) is 0 Å². The molecule has 0 aliphatic carbocycles. The second kappa shape index (κ2) is 6.47. The van der Waals surface area contributed by atoms with E-state index >= 15 is 0 Å². The van der Waals surface area contributed by atoms with Crippen molar-refractivity contribution in [1.82, 2.24) is 0 Å². The van der Waals surface area contributed by atoms with Gasteiger partial charge in [0.2, 0.25) is 0 Å². The highest BCUT2D eigenvalue weighted by Crippen LogP contribution is 2.15. The molecule has 0 radical (unpaired) electrons. The van der Waals surface area contributed by atoms with Crippen molar-refractivity contribution >= 4 is 5.69 Å². The molecular weight excluding hydrogens is 170 g/mol. The molecule has 78 valence electrons. The second-order valence-electron chi connectivity index (χ2n) is 3.64. The maximum absolute atomic E-state index is 3.50. The molecule has 1 heteroatoms. The predicted octanol–water partition coefficient (Wildman–Crippen LogP) is 3.85. The van der Waals surface area contributed by atoms with Gasteiger partial charge in [-0.15, -0.1) is 0 Å². The summed E-state index contributed by atoms with van der Waals surface area (Å²) in [4.78, 5) is 0. The maximum atomic E-state index is 3.50. The van der Waals surface area contributed by atoms with E-state index in [1.165, 1.54) is 30.5 Å². The molecule has 1 aromatic carbocycles. The van der Waals surface area contributed by atoms with Crippen molar-refractivity contribution in [3.63, 3.8) is 0 Å². The summed E-state index contributed by atoms with van der Waals surface area (Å²) in [5.74, 6) is 0. The zero-order valence-corrected chi connectivity index (χ0v) is 9.34. The van der Waals surface area contributed by atoms with Gasteiger partial charge >= 0.3 is 0 Å². The van der Waals surface area contributed by atoms with Crippen molar-refractivity contribution in [2.45, 2.75) is 39.5 Å². The van der Waals surface area contributed by atoms with E-state index in [1.54, 1.807) is 0 Å². The normalized spacial score (nSPS) is 10.1. The summed E-state index contributed by atoms with van der Waals surface area (Å²) in [6, 6.07) is 8.57. The number of hydrogen-bond acceptors (Lipinski definition) is 1. The van der Waals surface area contributed by atoms with Crippen LogP contribution < -0.4 is 5.32 Å². The van der Waals surface area contributed by atoms with E-state index < -0.39 is 0 Å². The number of aryl methyl sites for hydroxylation is 1. The summed E-state index contributed by atoms with van der Waals surface area (Å²) < 4.78 is 0. The number of nitrogens with one attached hydrogen (secondary N) is 1. The lowest BCUT2D eigenvalue weighted by molar-refractivity contribution is 0.743. The van der Waals surface area contributed by atoms with Crippen LogP contribution in [-0.4, -0.2) is 6.54 Å². The number of para-hydroxylation sites is 1. The van der Waals surface area contributed by atoms with Gasteiger partial charge in [0.15, 0.2) is 0 Å². The van der Waals surface area contributed by atoms with Gasteiger partial charge in [0.25, 0.3) is 0 Å². The minimum atomic E-state index is 1.10. The molecule has 0 spiro atoms. The number of anilines is 1. The molecule has 0 saturated heterocycles. The fourth-order valence-electron chi connectivity index (χ4n) is 1.60. The summed E-state index contributed by atoms with van der Waals surface area (Å²) in [5, 5.41) is 3.50. The first kappa shape index (κ1) is 11.1. The molecule has 0 unspecified atom stereocenters. The third kappa shape index (κ3) is 3.41. The van der Waals surface area contributed by atoms with Crippen LogP contribution in [-0.2, 0) is 6.42 Å². The largest absolute Gasteiger partial charge is 0.385 e. The first-order valence-corrected chi connectivity index (χ1v) is 5.70. The molecule has 0 aliphatic heterocycles. The highest BCUT2D eigenvalue weighted by molar-refractivity contribution is 5.50. The van der Waals surface area contributed by atoms with E-state index in [0.717, 1.165) is 13.0 Å². The van der Waals surface area contributed by atoms with Gasteiger partial charge < -0.3 is 5.32 Å². The van der Waals surface area contributed by atoms with Crippen molar-refractivity contribution in [2.24, 2.45) is 0 Å². The minimum Gasteiger partial charge on any atom is -0.385 e. The molecule has 0 heterocycles. The van der Waals surface area contributed by atoms with Gasteiger partial charge in [-0.1, -0.05) is 44.9 Å². The zero-order chi connectivity index (χ0) is 10.2. The van der Waals surface area contributed by atoms with Gasteiger partial charge in [0, 0.05) is 12.2 Å². The van der Waals surface area contributed by atoms with Crippen LogP contribution in [0.2, 0.25) is 0 Å². The molecule has 0 atom stereocenters. The lowest BCUT2D eigenvalue weighted by atomic mass is 10.1. The molecule has 0 bridgehead atoms. The van der Waals surface area contributed by atoms with Gasteiger partial charge in [-0.25, -0.2) is 0 Å². The minimum absolute atomic E-state index is 1.10. The first-order chi connectivity index (χ1) is 6.88. The van der Waals surface area contributed by atoms with Crippen LogP contribution in [0.4, 0.5) is 5.69 Å². The Morgan fingerprint density at radius 3 is 2.57 bits per heavy atom. The number of rotatable bonds is 6. The highest BCUT2D eigenvalue weighted by atomic mass is 14.9. The molecule has 1 N–H and O–H groups in total. The van der Waals surface area contributed by atoms with Crippen LogP contribution in [0.25, 0.3) is 0 Å². The lowest BCUT2D eigenvalue weighted by Crippen LogP contribution is -2.03. The average molecular weight is 191 g/mol. The SMILES string of the molecule is CCCCCNc1ccccc1CC. The lowest BCUT2D eigenvalue weighted by Gasteiger charge is -2.10. The molecule has 1 aromatic rings. The fraction of sp³-hybridized carbons (Fsp3) is 0.538. The van der Waals surface area contributed by atoms with E-state index in [1.807, 2.05) is 0 Å². The molecule has 1 rings (SSSR count). The Labute approximate surface area is 87.5 Å². The Kier molecular flexibility index (Phi) is 5.13. The molecule has 0 aliphatic rings. The van der Waals surface area contributed by atoms with E-state index in [0.29, 0.717) is 0 Å². The highest BCUT2D eigenvalue weighted by Gasteiger charge is 1.97. The van der Waals surface area contributed by atoms with Gasteiger partial charge in [-0.05, 0) is 24.5 Å². The average Bonchev–Trinajstić information content (AvgIpc) is 2.25. The van der Waals surface area contributed by atoms with Crippen molar-refractivity contribution in [2.75, 3.05) is 11.9 Å². The summed E-state index contributed by atoms with van der Waals surface area (Å²) >= 11 is 0. The van der Waals surface area contributed by atoms with Gasteiger partial charge in [0.05, 0.1) is 0 Å². The maximum Gasteiger partial charge on any atom is 0.0372 e. The summed E-state index contributed by atoms with van der Waals surface area (Å²) in [7, 11) is 0. The van der Waals surface area contributed by atoms with E-state index in [-0.39, 0.29) is 0 Å². The molecule has 1 nitrogen and oxygen atoms in total. The Morgan fingerprint density at radius 2 is 1.86 bits per heavy atom. The molecule has 0 amide bonds. The number of benzene rings is 1. The number of hydrogen-bond donors (Lipinski definition) is 1. The number of unbranched alkanes of at least 4 members (excludes halogenated alkanes) is 2. The smallest absolute Gasteiger partial charge is 0.0372 e. The van der Waals surface area contributed by atoms with Crippen molar-refractivity contribution < 1.29 is 0 Å². The van der Waals surface area contributed by atoms with Gasteiger partial charge in [-0.3, -0.25) is 0 Å². The Morgan fingerprint density at radius 1 is 1.07 bits per heavy atom. The van der Waals surface area contributed by atoms with Crippen LogP contribution in [0.3, 0.4) is 0 Å². The van der Waals surface area contributed by atoms with Crippen LogP contribution in [0.5, 0.6) is 0 Å². The Hall–Kier alpha value is -0.980. The second-order valence-corrected chi connectivity index (χ2v) is 3.64. The van der Waals surface area contributed by atoms with Crippen LogP contribution in [0, 0.1) is 0 Å². The van der Waals surface area contributed by atoms with Crippen LogP contribution in [0.1, 0.15) is 38.7 Å². The molecule has 14 heavy (non-hydrogen) atoms. The van der Waals surface area contributed by atoms with Crippen molar-refractivity contribution in [3.05, 3.63) is 29.8 Å². The quantitative estimate of drug-likeness (QED) is 0.673.